The molecule has 2 aliphatic rings. The van der Waals surface area contributed by atoms with Crippen LogP contribution in [0.5, 0.6) is 5.75 Å². The first kappa shape index (κ1) is 10.9. The molecule has 0 unspecified atom stereocenters. The van der Waals surface area contributed by atoms with Gasteiger partial charge in [0.05, 0.1) is 7.11 Å². The molecule has 17 heavy (non-hydrogen) atoms. The minimum Gasteiger partial charge on any atom is -0.497 e. The fourth-order valence-electron chi connectivity index (χ4n) is 3.04. The Bertz CT molecular complexity index is 374. The zero-order valence-electron chi connectivity index (χ0n) is 10.4. The number of anilines is 1. The van der Waals surface area contributed by atoms with Crippen LogP contribution in [0.2, 0.25) is 0 Å². The van der Waals surface area contributed by atoms with Gasteiger partial charge < -0.3 is 15.0 Å². The molecule has 92 valence electrons. The van der Waals surface area contributed by atoms with Crippen LogP contribution in [0.3, 0.4) is 0 Å². The average Bonchev–Trinajstić information content (AvgIpc) is 2.37. The van der Waals surface area contributed by atoms with E-state index in [-0.39, 0.29) is 0 Å². The minimum atomic E-state index is 0.554. The Balaban J connectivity index is 1.63. The number of nitrogens with zero attached hydrogens (tertiary/aromatic N) is 1. The molecule has 2 saturated heterocycles. The molecule has 1 aromatic rings. The van der Waals surface area contributed by atoms with Crippen molar-refractivity contribution in [3.63, 3.8) is 0 Å². The summed E-state index contributed by atoms with van der Waals surface area (Å²) in [5, 5.41) is 3.52. The van der Waals surface area contributed by atoms with E-state index in [1.807, 2.05) is 12.1 Å². The van der Waals surface area contributed by atoms with Gasteiger partial charge in [0.15, 0.2) is 0 Å². The molecule has 3 rings (SSSR count). The van der Waals surface area contributed by atoms with E-state index in [0.717, 1.165) is 5.75 Å². The van der Waals surface area contributed by atoms with Crippen molar-refractivity contribution in [2.75, 3.05) is 38.2 Å². The zero-order chi connectivity index (χ0) is 11.7. The topological polar surface area (TPSA) is 24.5 Å². The monoisotopic (exact) mass is 232 g/mol. The van der Waals surface area contributed by atoms with E-state index in [1.165, 1.54) is 44.7 Å². The molecule has 0 amide bonds. The summed E-state index contributed by atoms with van der Waals surface area (Å²) in [6.45, 7) is 4.79. The second kappa shape index (κ2) is 4.22. The predicted octanol–water partition coefficient (Wildman–Crippen LogP) is 1.88. The first-order valence-electron chi connectivity index (χ1n) is 6.41. The largest absolute Gasteiger partial charge is 0.497 e. The van der Waals surface area contributed by atoms with Gasteiger partial charge in [0.1, 0.15) is 5.75 Å². The van der Waals surface area contributed by atoms with Gasteiger partial charge in [-0.2, -0.15) is 0 Å². The van der Waals surface area contributed by atoms with Crippen LogP contribution >= 0.6 is 0 Å². The maximum absolute atomic E-state index is 5.18. The summed E-state index contributed by atoms with van der Waals surface area (Å²) in [7, 11) is 1.71. The third kappa shape index (κ3) is 2.00. The highest BCUT2D eigenvalue weighted by Gasteiger charge is 2.43. The van der Waals surface area contributed by atoms with Crippen LogP contribution in [-0.2, 0) is 0 Å². The Kier molecular flexibility index (Phi) is 2.71. The fraction of sp³-hybridized carbons (Fsp3) is 0.571. The quantitative estimate of drug-likeness (QED) is 0.842. The Morgan fingerprint density at radius 3 is 2.59 bits per heavy atom. The van der Waals surface area contributed by atoms with Gasteiger partial charge in [-0.15, -0.1) is 0 Å². The molecule has 3 nitrogen and oxygen atoms in total. The first-order chi connectivity index (χ1) is 8.31. The van der Waals surface area contributed by atoms with Crippen LogP contribution in [0.1, 0.15) is 12.8 Å². The molecule has 0 radical (unpaired) electrons. The van der Waals surface area contributed by atoms with Gasteiger partial charge in [0.2, 0.25) is 0 Å². The zero-order valence-corrected chi connectivity index (χ0v) is 10.4. The number of ether oxygens (including phenoxy) is 1. The van der Waals surface area contributed by atoms with E-state index >= 15 is 0 Å². The van der Waals surface area contributed by atoms with Crippen molar-refractivity contribution in [2.45, 2.75) is 12.8 Å². The van der Waals surface area contributed by atoms with Crippen LogP contribution < -0.4 is 15.0 Å². The summed E-state index contributed by atoms with van der Waals surface area (Å²) in [5.41, 5.74) is 1.88. The number of hydrogen-bond donors (Lipinski definition) is 1. The van der Waals surface area contributed by atoms with Crippen molar-refractivity contribution in [1.82, 2.24) is 5.32 Å². The second-order valence-electron chi connectivity index (χ2n) is 5.33. The highest BCUT2D eigenvalue weighted by Crippen LogP contribution is 2.39. The molecule has 1 N–H and O–H groups in total. The third-order valence-corrected chi connectivity index (χ3v) is 4.05. The van der Waals surface area contributed by atoms with Crippen molar-refractivity contribution in [3.8, 4) is 5.75 Å². The maximum Gasteiger partial charge on any atom is 0.119 e. The number of piperidine rings is 1. The van der Waals surface area contributed by atoms with Gasteiger partial charge in [-0.3, -0.25) is 0 Å². The lowest BCUT2D eigenvalue weighted by molar-refractivity contribution is 0.157. The molecule has 2 heterocycles. The summed E-state index contributed by atoms with van der Waals surface area (Å²) >= 11 is 0. The lowest BCUT2D eigenvalue weighted by Gasteiger charge is -2.53. The standard InChI is InChI=1S/C14H20N2O/c1-17-13-5-3-12(4-6-13)16-10-14(11-16)7-2-8-15-9-14/h3-6,15H,2,7-11H2,1H3. The van der Waals surface area contributed by atoms with E-state index in [2.05, 4.69) is 22.3 Å². The molecular formula is C14H20N2O. The van der Waals surface area contributed by atoms with Gasteiger partial charge in [-0.1, -0.05) is 0 Å². The summed E-state index contributed by atoms with van der Waals surface area (Å²) in [4.78, 5) is 2.46. The number of rotatable bonds is 2. The molecular weight excluding hydrogens is 212 g/mol. The maximum atomic E-state index is 5.18. The summed E-state index contributed by atoms with van der Waals surface area (Å²) in [5.74, 6) is 0.934. The predicted molar refractivity (Wildman–Crippen MR) is 69.7 cm³/mol. The number of nitrogens with one attached hydrogen (secondary N) is 1. The van der Waals surface area contributed by atoms with Crippen molar-refractivity contribution in [2.24, 2.45) is 5.41 Å². The van der Waals surface area contributed by atoms with E-state index in [1.54, 1.807) is 7.11 Å². The van der Waals surface area contributed by atoms with Gasteiger partial charge in [-0.05, 0) is 43.7 Å². The van der Waals surface area contributed by atoms with E-state index in [9.17, 15) is 0 Å². The fourth-order valence-corrected chi connectivity index (χ4v) is 3.04. The molecule has 0 bridgehead atoms. The third-order valence-electron chi connectivity index (χ3n) is 4.05. The van der Waals surface area contributed by atoms with E-state index < -0.39 is 0 Å². The Hall–Kier alpha value is -1.22. The number of benzene rings is 1. The molecule has 0 atom stereocenters. The molecule has 1 spiro atoms. The van der Waals surface area contributed by atoms with Crippen molar-refractivity contribution >= 4 is 5.69 Å². The summed E-state index contributed by atoms with van der Waals surface area (Å²) in [6, 6.07) is 8.39. The lowest BCUT2D eigenvalue weighted by Crippen LogP contribution is -2.62. The highest BCUT2D eigenvalue weighted by molar-refractivity contribution is 5.52. The Morgan fingerprint density at radius 1 is 1.24 bits per heavy atom. The van der Waals surface area contributed by atoms with Gasteiger partial charge in [-0.25, -0.2) is 0 Å². The molecule has 2 fully saturated rings. The van der Waals surface area contributed by atoms with Crippen LogP contribution in [0, 0.1) is 5.41 Å². The number of methoxy groups -OCH3 is 1. The van der Waals surface area contributed by atoms with E-state index in [4.69, 9.17) is 4.74 Å². The summed E-state index contributed by atoms with van der Waals surface area (Å²) in [6.07, 6.45) is 2.71. The van der Waals surface area contributed by atoms with Crippen LogP contribution in [0.15, 0.2) is 24.3 Å². The molecule has 0 aliphatic carbocycles. The molecule has 3 heteroatoms. The molecule has 0 aromatic heterocycles. The van der Waals surface area contributed by atoms with Crippen LogP contribution in [-0.4, -0.2) is 33.3 Å². The van der Waals surface area contributed by atoms with Crippen molar-refractivity contribution in [3.05, 3.63) is 24.3 Å². The Morgan fingerprint density at radius 2 is 2.00 bits per heavy atom. The second-order valence-corrected chi connectivity index (χ2v) is 5.33. The Labute approximate surface area is 103 Å². The lowest BCUT2D eigenvalue weighted by atomic mass is 9.74. The van der Waals surface area contributed by atoms with Crippen LogP contribution in [0.4, 0.5) is 5.69 Å². The minimum absolute atomic E-state index is 0.554. The molecule has 0 saturated carbocycles. The van der Waals surface area contributed by atoms with Crippen molar-refractivity contribution < 1.29 is 4.74 Å². The van der Waals surface area contributed by atoms with Gasteiger partial charge >= 0.3 is 0 Å². The van der Waals surface area contributed by atoms with Gasteiger partial charge in [0.25, 0.3) is 0 Å². The first-order valence-corrected chi connectivity index (χ1v) is 6.41. The van der Waals surface area contributed by atoms with Gasteiger partial charge in [0, 0.05) is 30.7 Å². The SMILES string of the molecule is COc1ccc(N2CC3(CCCNC3)C2)cc1. The summed E-state index contributed by atoms with van der Waals surface area (Å²) < 4.78 is 5.18. The average molecular weight is 232 g/mol. The van der Waals surface area contributed by atoms with Crippen LogP contribution in [0.25, 0.3) is 0 Å². The molecule has 2 aliphatic heterocycles. The molecule has 1 aromatic carbocycles. The van der Waals surface area contributed by atoms with Crippen molar-refractivity contribution in [1.29, 1.82) is 0 Å². The highest BCUT2D eigenvalue weighted by atomic mass is 16.5. The number of hydrogen-bond acceptors (Lipinski definition) is 3. The van der Waals surface area contributed by atoms with E-state index in [0.29, 0.717) is 5.41 Å². The normalized spacial score (nSPS) is 22.3. The smallest absolute Gasteiger partial charge is 0.119 e.